The summed E-state index contributed by atoms with van der Waals surface area (Å²) in [5, 5.41) is 9.31. The Labute approximate surface area is 139 Å². The second-order valence-corrected chi connectivity index (χ2v) is 6.75. The monoisotopic (exact) mass is 369 g/mol. The van der Waals surface area contributed by atoms with Gasteiger partial charge in [-0.05, 0) is 36.6 Å². The summed E-state index contributed by atoms with van der Waals surface area (Å²) >= 11 is 1.23. The van der Waals surface area contributed by atoms with Crippen molar-refractivity contribution < 1.29 is 31.9 Å². The number of aliphatic carboxylic acids is 1. The Bertz CT molecular complexity index is 592. The van der Waals surface area contributed by atoms with Crippen LogP contribution in [-0.4, -0.2) is 41.3 Å². The van der Waals surface area contributed by atoms with Crippen LogP contribution in [0.15, 0.2) is 18.2 Å². The zero-order valence-corrected chi connectivity index (χ0v) is 13.3. The van der Waals surface area contributed by atoms with Crippen LogP contribution in [-0.2, 0) is 4.79 Å². The van der Waals surface area contributed by atoms with Gasteiger partial charge in [-0.2, -0.15) is 24.9 Å². The SMILES string of the molecule is O=C(O)C(CSCC1CC1)N(CC(F)(F)F)c1ccc(F)cc1F. The number of alkyl halides is 3. The molecule has 0 aromatic heterocycles. The Morgan fingerprint density at radius 3 is 2.50 bits per heavy atom. The molecule has 1 saturated carbocycles. The van der Waals surface area contributed by atoms with Crippen molar-refractivity contribution >= 4 is 23.4 Å². The molecule has 0 aliphatic heterocycles. The van der Waals surface area contributed by atoms with E-state index in [2.05, 4.69) is 0 Å². The highest BCUT2D eigenvalue weighted by atomic mass is 32.2. The first-order valence-electron chi connectivity index (χ1n) is 7.26. The molecule has 1 unspecified atom stereocenters. The third-order valence-corrected chi connectivity index (χ3v) is 4.81. The van der Waals surface area contributed by atoms with Gasteiger partial charge in [-0.3, -0.25) is 0 Å². The minimum absolute atomic E-state index is 0.112. The fourth-order valence-corrected chi connectivity index (χ4v) is 3.54. The number of halogens is 5. The summed E-state index contributed by atoms with van der Waals surface area (Å²) in [5.41, 5.74) is -0.576. The minimum Gasteiger partial charge on any atom is -0.480 e. The molecule has 0 radical (unpaired) electrons. The maximum atomic E-state index is 13.9. The zero-order chi connectivity index (χ0) is 17.9. The Hall–Kier alpha value is -1.51. The lowest BCUT2D eigenvalue weighted by atomic mass is 10.2. The molecule has 1 atom stereocenters. The minimum atomic E-state index is -4.73. The average Bonchev–Trinajstić information content (AvgIpc) is 3.24. The first-order valence-corrected chi connectivity index (χ1v) is 8.42. The molecule has 0 amide bonds. The van der Waals surface area contributed by atoms with Gasteiger partial charge in [0.1, 0.15) is 24.2 Å². The van der Waals surface area contributed by atoms with Crippen LogP contribution in [0.1, 0.15) is 12.8 Å². The molecule has 0 bridgehead atoms. The highest BCUT2D eigenvalue weighted by molar-refractivity contribution is 7.99. The molecular weight excluding hydrogens is 353 g/mol. The number of thioether (sulfide) groups is 1. The molecule has 1 aliphatic carbocycles. The summed E-state index contributed by atoms with van der Waals surface area (Å²) in [7, 11) is 0. The van der Waals surface area contributed by atoms with E-state index in [4.69, 9.17) is 0 Å². The molecule has 134 valence electrons. The summed E-state index contributed by atoms with van der Waals surface area (Å²) in [6.45, 7) is -1.63. The second-order valence-electron chi connectivity index (χ2n) is 5.67. The zero-order valence-electron chi connectivity index (χ0n) is 12.5. The van der Waals surface area contributed by atoms with Crippen LogP contribution in [0.3, 0.4) is 0 Å². The number of nitrogens with zero attached hydrogens (tertiary/aromatic N) is 1. The molecule has 1 N–H and O–H groups in total. The third-order valence-electron chi connectivity index (χ3n) is 3.56. The Morgan fingerprint density at radius 2 is 2.00 bits per heavy atom. The van der Waals surface area contributed by atoms with Gasteiger partial charge in [0.2, 0.25) is 0 Å². The smallest absolute Gasteiger partial charge is 0.405 e. The Balaban J connectivity index is 2.24. The van der Waals surface area contributed by atoms with Crippen molar-refractivity contribution in [2.75, 3.05) is 23.0 Å². The van der Waals surface area contributed by atoms with Crippen LogP contribution in [0.2, 0.25) is 0 Å². The molecular formula is C15H16F5NO2S. The molecule has 9 heteroatoms. The van der Waals surface area contributed by atoms with Crippen LogP contribution in [0, 0.1) is 17.6 Å². The van der Waals surface area contributed by atoms with Crippen molar-refractivity contribution in [2.45, 2.75) is 25.1 Å². The van der Waals surface area contributed by atoms with Gasteiger partial charge in [0, 0.05) is 11.8 Å². The second kappa shape index (κ2) is 7.58. The van der Waals surface area contributed by atoms with Crippen LogP contribution in [0.25, 0.3) is 0 Å². The number of carboxylic acids is 1. The molecule has 0 heterocycles. The van der Waals surface area contributed by atoms with Crippen LogP contribution < -0.4 is 4.90 Å². The number of rotatable bonds is 8. The first kappa shape index (κ1) is 18.8. The number of hydrogen-bond donors (Lipinski definition) is 1. The van der Waals surface area contributed by atoms with Gasteiger partial charge in [0.05, 0.1) is 5.69 Å². The van der Waals surface area contributed by atoms with Gasteiger partial charge in [-0.25, -0.2) is 13.6 Å². The normalized spacial score (nSPS) is 16.0. The Morgan fingerprint density at radius 1 is 1.33 bits per heavy atom. The summed E-state index contributed by atoms with van der Waals surface area (Å²) in [4.78, 5) is 11.9. The van der Waals surface area contributed by atoms with E-state index < -0.39 is 42.1 Å². The lowest BCUT2D eigenvalue weighted by Gasteiger charge is -2.31. The van der Waals surface area contributed by atoms with Gasteiger partial charge in [0.15, 0.2) is 0 Å². The van der Waals surface area contributed by atoms with E-state index in [1.54, 1.807) is 0 Å². The largest absolute Gasteiger partial charge is 0.480 e. The predicted molar refractivity (Wildman–Crippen MR) is 81.2 cm³/mol. The van der Waals surface area contributed by atoms with Gasteiger partial charge in [0.25, 0.3) is 0 Å². The van der Waals surface area contributed by atoms with Gasteiger partial charge >= 0.3 is 12.1 Å². The van der Waals surface area contributed by atoms with E-state index in [0.29, 0.717) is 22.6 Å². The molecule has 24 heavy (non-hydrogen) atoms. The maximum absolute atomic E-state index is 13.9. The predicted octanol–water partition coefficient (Wildman–Crippen LogP) is 3.93. The maximum Gasteiger partial charge on any atom is 0.405 e. The Kier molecular flexibility index (Phi) is 5.95. The molecule has 3 nitrogen and oxygen atoms in total. The fourth-order valence-electron chi connectivity index (χ4n) is 2.20. The highest BCUT2D eigenvalue weighted by Gasteiger charge is 2.38. The summed E-state index contributed by atoms with van der Waals surface area (Å²) in [6.07, 6.45) is -2.66. The van der Waals surface area contributed by atoms with Gasteiger partial charge in [-0.15, -0.1) is 0 Å². The lowest BCUT2D eigenvalue weighted by molar-refractivity contribution is -0.140. The lowest BCUT2D eigenvalue weighted by Crippen LogP contribution is -2.48. The van der Waals surface area contributed by atoms with E-state index >= 15 is 0 Å². The number of carboxylic acid groups (broad SMARTS) is 1. The summed E-state index contributed by atoms with van der Waals surface area (Å²) in [5.74, 6) is -2.63. The number of anilines is 1. The van der Waals surface area contributed by atoms with Gasteiger partial charge < -0.3 is 10.0 Å². The number of benzene rings is 1. The summed E-state index contributed by atoms with van der Waals surface area (Å²) < 4.78 is 65.5. The van der Waals surface area contributed by atoms with Crippen molar-refractivity contribution in [1.82, 2.24) is 0 Å². The molecule has 1 aromatic carbocycles. The van der Waals surface area contributed by atoms with Crippen molar-refractivity contribution in [3.63, 3.8) is 0 Å². The highest BCUT2D eigenvalue weighted by Crippen LogP contribution is 2.34. The fraction of sp³-hybridized carbons (Fsp3) is 0.533. The van der Waals surface area contributed by atoms with Crippen molar-refractivity contribution in [2.24, 2.45) is 5.92 Å². The van der Waals surface area contributed by atoms with Crippen LogP contribution in [0.4, 0.5) is 27.6 Å². The average molecular weight is 369 g/mol. The van der Waals surface area contributed by atoms with Crippen molar-refractivity contribution in [3.8, 4) is 0 Å². The summed E-state index contributed by atoms with van der Waals surface area (Å²) in [6, 6.07) is 0.514. The van der Waals surface area contributed by atoms with E-state index in [1.807, 2.05) is 0 Å². The molecule has 1 aromatic rings. The molecule has 0 saturated heterocycles. The van der Waals surface area contributed by atoms with E-state index in [9.17, 15) is 31.9 Å². The quantitative estimate of drug-likeness (QED) is 0.705. The molecule has 0 spiro atoms. The molecule has 2 rings (SSSR count). The van der Waals surface area contributed by atoms with E-state index in [1.165, 1.54) is 11.8 Å². The molecule has 1 aliphatic rings. The van der Waals surface area contributed by atoms with Gasteiger partial charge in [-0.1, -0.05) is 0 Å². The number of carbonyl (C=O) groups is 1. The first-order chi connectivity index (χ1) is 11.2. The number of hydrogen-bond acceptors (Lipinski definition) is 3. The third kappa shape index (κ3) is 5.54. The molecule has 1 fully saturated rings. The van der Waals surface area contributed by atoms with Crippen molar-refractivity contribution in [3.05, 3.63) is 29.8 Å². The van der Waals surface area contributed by atoms with Crippen molar-refractivity contribution in [1.29, 1.82) is 0 Å². The van der Waals surface area contributed by atoms with E-state index in [0.717, 1.165) is 25.0 Å². The van der Waals surface area contributed by atoms with Crippen LogP contribution in [0.5, 0.6) is 0 Å². The van der Waals surface area contributed by atoms with Crippen LogP contribution >= 0.6 is 11.8 Å². The van der Waals surface area contributed by atoms with E-state index in [-0.39, 0.29) is 5.75 Å². The standard InChI is InChI=1S/C15H16F5NO2S/c16-10-3-4-12(11(17)5-10)21(8-15(18,19)20)13(14(22)23)7-24-6-9-1-2-9/h3-5,9,13H,1-2,6-8H2,(H,22,23). The topological polar surface area (TPSA) is 40.5 Å².